The number of ether oxygens (including phenoxy) is 4. The summed E-state index contributed by atoms with van der Waals surface area (Å²) in [5, 5.41) is 21.0. The molecule has 3 aliphatic heterocycles. The molecule has 2 amide bonds. The van der Waals surface area contributed by atoms with Crippen molar-refractivity contribution in [2.75, 3.05) is 38.2 Å². The quantitative estimate of drug-likeness (QED) is 0.251. The van der Waals surface area contributed by atoms with Gasteiger partial charge in [-0.2, -0.15) is 0 Å². The molecule has 0 aromatic heterocycles. The molecular formula is C30H39N3O8. The number of aliphatic hydroxyl groups excluding tert-OH is 1. The highest BCUT2D eigenvalue weighted by atomic mass is 16.7. The van der Waals surface area contributed by atoms with Gasteiger partial charge < -0.3 is 34.3 Å². The van der Waals surface area contributed by atoms with Crippen LogP contribution >= 0.6 is 0 Å². The maximum absolute atomic E-state index is 12.4. The number of likely N-dealkylation sites (tertiary alicyclic amines) is 1. The normalized spacial score (nSPS) is 24.3. The lowest BCUT2D eigenvalue weighted by Gasteiger charge is -2.41. The van der Waals surface area contributed by atoms with Gasteiger partial charge in [-0.3, -0.25) is 14.8 Å². The van der Waals surface area contributed by atoms with E-state index in [4.69, 9.17) is 24.2 Å². The van der Waals surface area contributed by atoms with Crippen LogP contribution in [0.25, 0.3) is 0 Å². The van der Waals surface area contributed by atoms with Crippen LogP contribution in [0.1, 0.15) is 67.6 Å². The van der Waals surface area contributed by atoms with Gasteiger partial charge in [0.2, 0.25) is 11.8 Å². The minimum Gasteiger partial charge on any atom is -0.392 e. The Hall–Kier alpha value is -2.90. The summed E-state index contributed by atoms with van der Waals surface area (Å²) in [6.07, 6.45) is 1.94. The number of anilines is 1. The van der Waals surface area contributed by atoms with Gasteiger partial charge in [0.1, 0.15) is 0 Å². The van der Waals surface area contributed by atoms with Crippen LogP contribution in [0, 0.1) is 0 Å². The summed E-state index contributed by atoms with van der Waals surface area (Å²) in [5.74, 6) is -1.18. The molecule has 11 nitrogen and oxygen atoms in total. The second-order valence-corrected chi connectivity index (χ2v) is 10.8. The van der Waals surface area contributed by atoms with Gasteiger partial charge in [0.15, 0.2) is 12.1 Å². The molecule has 3 fully saturated rings. The van der Waals surface area contributed by atoms with Gasteiger partial charge in [0, 0.05) is 63.0 Å². The zero-order valence-electron chi connectivity index (χ0n) is 23.1. The number of amides is 2. The largest absolute Gasteiger partial charge is 0.392 e. The predicted molar refractivity (Wildman–Crippen MR) is 148 cm³/mol. The summed E-state index contributed by atoms with van der Waals surface area (Å²) in [7, 11) is 0. The van der Waals surface area contributed by atoms with Crippen molar-refractivity contribution in [2.45, 2.75) is 69.4 Å². The highest BCUT2D eigenvalue weighted by Gasteiger charge is 2.41. The van der Waals surface area contributed by atoms with Crippen LogP contribution in [0.3, 0.4) is 0 Å². The van der Waals surface area contributed by atoms with Crippen molar-refractivity contribution < 1.29 is 38.9 Å². The van der Waals surface area contributed by atoms with Crippen LogP contribution in [0.2, 0.25) is 0 Å². The number of nitrogens with one attached hydrogen (secondary N) is 2. The Morgan fingerprint density at radius 1 is 0.951 bits per heavy atom. The Labute approximate surface area is 239 Å². The molecule has 5 rings (SSSR count). The van der Waals surface area contributed by atoms with Gasteiger partial charge in [-0.1, -0.05) is 36.4 Å². The summed E-state index contributed by atoms with van der Waals surface area (Å²) >= 11 is 0. The lowest BCUT2D eigenvalue weighted by Crippen LogP contribution is -2.48. The minimum absolute atomic E-state index is 0.0167. The Morgan fingerprint density at radius 2 is 1.68 bits per heavy atom. The summed E-state index contributed by atoms with van der Waals surface area (Å²) < 4.78 is 24.7. The first kappa shape index (κ1) is 29.6. The molecule has 3 atom stereocenters. The number of rotatable bonds is 10. The first-order chi connectivity index (χ1) is 19.9. The van der Waals surface area contributed by atoms with Crippen LogP contribution < -0.4 is 10.8 Å². The van der Waals surface area contributed by atoms with Crippen molar-refractivity contribution >= 4 is 17.5 Å². The number of benzene rings is 2. The first-order valence-electron chi connectivity index (χ1n) is 14.3. The molecule has 2 aromatic carbocycles. The molecule has 0 radical (unpaired) electrons. The van der Waals surface area contributed by atoms with E-state index in [2.05, 4.69) is 10.2 Å². The Morgan fingerprint density at radius 3 is 2.39 bits per heavy atom. The van der Waals surface area contributed by atoms with E-state index in [-0.39, 0.29) is 37.6 Å². The van der Waals surface area contributed by atoms with Gasteiger partial charge in [-0.25, -0.2) is 5.48 Å². The molecule has 0 aliphatic carbocycles. The third-order valence-electron chi connectivity index (χ3n) is 7.88. The summed E-state index contributed by atoms with van der Waals surface area (Å²) in [5.41, 5.74) is 4.82. The summed E-state index contributed by atoms with van der Waals surface area (Å²) in [4.78, 5) is 26.0. The molecule has 3 heterocycles. The van der Waals surface area contributed by atoms with Crippen molar-refractivity contribution in [3.05, 3.63) is 65.2 Å². The van der Waals surface area contributed by atoms with Crippen LogP contribution in [-0.4, -0.2) is 71.8 Å². The van der Waals surface area contributed by atoms with Crippen molar-refractivity contribution in [2.24, 2.45) is 0 Å². The number of carbonyl (C=O) groups is 2. The van der Waals surface area contributed by atoms with Crippen molar-refractivity contribution in [3.63, 3.8) is 0 Å². The smallest absolute Gasteiger partial charge is 0.243 e. The molecule has 222 valence electrons. The summed E-state index contributed by atoms with van der Waals surface area (Å²) in [6, 6.07) is 15.2. The number of hydrogen-bond donors (Lipinski definition) is 4. The van der Waals surface area contributed by atoms with Crippen LogP contribution in [0.5, 0.6) is 0 Å². The lowest BCUT2D eigenvalue weighted by molar-refractivity contribution is -0.255. The molecule has 2 aromatic rings. The monoisotopic (exact) mass is 569 g/mol. The zero-order chi connectivity index (χ0) is 28.7. The maximum atomic E-state index is 12.4. The van der Waals surface area contributed by atoms with Gasteiger partial charge in [-0.15, -0.1) is 0 Å². The SMILES string of the molecule is O=C(CCCC(=O)Nc1cccc(C2OC(CN3CCC4(CC3)OCCO4)CC(c3ccc(CO)cc3)O2)c1)NO. The highest BCUT2D eigenvalue weighted by molar-refractivity contribution is 5.91. The maximum Gasteiger partial charge on any atom is 0.243 e. The average Bonchev–Trinajstić information content (AvgIpc) is 3.46. The topological polar surface area (TPSA) is 139 Å². The van der Waals surface area contributed by atoms with E-state index in [1.54, 1.807) is 11.5 Å². The Balaban J connectivity index is 1.26. The number of hydroxylamine groups is 1. The van der Waals surface area contributed by atoms with E-state index in [0.29, 0.717) is 31.7 Å². The number of carbonyl (C=O) groups excluding carboxylic acids is 2. The van der Waals surface area contributed by atoms with Gasteiger partial charge >= 0.3 is 0 Å². The number of hydrogen-bond acceptors (Lipinski definition) is 9. The molecule has 3 saturated heterocycles. The second kappa shape index (κ2) is 13.8. The Kier molecular flexibility index (Phi) is 9.99. The zero-order valence-corrected chi connectivity index (χ0v) is 23.1. The average molecular weight is 570 g/mol. The van der Waals surface area contributed by atoms with E-state index in [0.717, 1.165) is 49.2 Å². The van der Waals surface area contributed by atoms with Crippen LogP contribution in [0.15, 0.2) is 48.5 Å². The summed E-state index contributed by atoms with van der Waals surface area (Å²) in [6.45, 7) is 3.77. The molecule has 0 bridgehead atoms. The van der Waals surface area contributed by atoms with E-state index in [9.17, 15) is 14.7 Å². The molecule has 41 heavy (non-hydrogen) atoms. The van der Waals surface area contributed by atoms with Gasteiger partial charge in [-0.05, 0) is 29.7 Å². The van der Waals surface area contributed by atoms with Crippen LogP contribution in [-0.2, 0) is 35.1 Å². The van der Waals surface area contributed by atoms with Crippen molar-refractivity contribution in [1.82, 2.24) is 10.4 Å². The van der Waals surface area contributed by atoms with E-state index in [1.165, 1.54) is 0 Å². The lowest BCUT2D eigenvalue weighted by atomic mass is 9.98. The number of nitrogens with zero attached hydrogens (tertiary/aromatic N) is 1. The van der Waals surface area contributed by atoms with Gasteiger partial charge in [0.25, 0.3) is 0 Å². The molecule has 0 saturated carbocycles. The molecule has 1 spiro atoms. The van der Waals surface area contributed by atoms with E-state index < -0.39 is 18.0 Å². The molecule has 3 unspecified atom stereocenters. The van der Waals surface area contributed by atoms with Crippen molar-refractivity contribution in [3.8, 4) is 0 Å². The molecule has 3 aliphatic rings. The predicted octanol–water partition coefficient (Wildman–Crippen LogP) is 3.18. The first-order valence-corrected chi connectivity index (χ1v) is 14.3. The van der Waals surface area contributed by atoms with E-state index in [1.807, 2.05) is 42.5 Å². The fraction of sp³-hybridized carbons (Fsp3) is 0.533. The number of piperidine rings is 1. The third kappa shape index (κ3) is 7.89. The van der Waals surface area contributed by atoms with Crippen LogP contribution in [0.4, 0.5) is 5.69 Å². The van der Waals surface area contributed by atoms with Crippen molar-refractivity contribution in [1.29, 1.82) is 0 Å². The minimum atomic E-state index is -0.640. The van der Waals surface area contributed by atoms with Gasteiger partial charge in [0.05, 0.1) is 32.0 Å². The fourth-order valence-corrected chi connectivity index (χ4v) is 5.63. The molecule has 4 N–H and O–H groups in total. The molecular weight excluding hydrogens is 530 g/mol. The third-order valence-corrected chi connectivity index (χ3v) is 7.88. The molecule has 11 heteroatoms. The highest BCUT2D eigenvalue weighted by Crippen LogP contribution is 2.39. The standard InChI is InChI=1S/C30H39N3O8/c34-20-21-7-9-22(10-8-21)26-18-25(19-33-13-11-30(12-14-33)38-15-16-39-30)40-29(41-26)23-3-1-4-24(17-23)31-27(35)5-2-6-28(36)32-37/h1,3-4,7-10,17,25-26,29,34,37H,2,5-6,11-16,18-20H2,(H,31,35)(H,32,36). The Bertz CT molecular complexity index is 1160. The van der Waals surface area contributed by atoms with E-state index >= 15 is 0 Å². The second-order valence-electron chi connectivity index (χ2n) is 10.8. The fourth-order valence-electron chi connectivity index (χ4n) is 5.63. The number of aliphatic hydroxyl groups is 1.